The predicted octanol–water partition coefficient (Wildman–Crippen LogP) is 3.75. The summed E-state index contributed by atoms with van der Waals surface area (Å²) in [6, 6.07) is 9.43. The standard InChI is InChI=1S/C25H32N4O4S/c1-16-6-10-18(11-7-16)22-21(23(27)30)20-15-19(14-17-8-9-17)24(28-25(20)33-22)29(34(2,31)32)13-5-3-4-12-26/h6-7,10-11,15,17H,3-5,8-9,12-14,26H2,1-2H3,(H2,27,30). The molecule has 1 aromatic carbocycles. The molecular weight excluding hydrogens is 452 g/mol. The second kappa shape index (κ2) is 9.76. The number of benzene rings is 1. The minimum atomic E-state index is -3.58. The topological polar surface area (TPSA) is 133 Å². The lowest BCUT2D eigenvalue weighted by Crippen LogP contribution is -2.32. The molecule has 0 aliphatic heterocycles. The Balaban J connectivity index is 1.87. The third kappa shape index (κ3) is 5.26. The zero-order chi connectivity index (χ0) is 24.5. The number of carbonyl (C=O) groups excluding carboxylic acids is 1. The molecule has 0 radical (unpaired) electrons. The van der Waals surface area contributed by atoms with Crippen LogP contribution in [0.2, 0.25) is 0 Å². The fourth-order valence-electron chi connectivity index (χ4n) is 4.21. The monoisotopic (exact) mass is 484 g/mol. The number of pyridine rings is 1. The first-order valence-electron chi connectivity index (χ1n) is 11.7. The molecule has 8 nitrogen and oxygen atoms in total. The molecule has 2 heterocycles. The van der Waals surface area contributed by atoms with Crippen molar-refractivity contribution in [2.24, 2.45) is 17.4 Å². The van der Waals surface area contributed by atoms with Crippen molar-refractivity contribution in [1.29, 1.82) is 0 Å². The van der Waals surface area contributed by atoms with Gasteiger partial charge in [0.2, 0.25) is 15.7 Å². The van der Waals surface area contributed by atoms with Crippen LogP contribution in [0.3, 0.4) is 0 Å². The van der Waals surface area contributed by atoms with Crippen molar-refractivity contribution in [1.82, 2.24) is 4.98 Å². The lowest BCUT2D eigenvalue weighted by atomic mass is 10.0. The van der Waals surface area contributed by atoms with Gasteiger partial charge in [0.05, 0.1) is 17.2 Å². The first kappa shape index (κ1) is 24.2. The molecule has 1 aliphatic carbocycles. The van der Waals surface area contributed by atoms with E-state index < -0.39 is 15.9 Å². The van der Waals surface area contributed by atoms with Crippen LogP contribution in [0.25, 0.3) is 22.4 Å². The molecule has 4 N–H and O–H groups in total. The maximum Gasteiger partial charge on any atom is 0.253 e. The molecule has 0 spiro atoms. The van der Waals surface area contributed by atoms with Crippen molar-refractivity contribution in [3.8, 4) is 11.3 Å². The van der Waals surface area contributed by atoms with Gasteiger partial charge in [0.15, 0.2) is 0 Å². The van der Waals surface area contributed by atoms with Crippen LogP contribution in [0.5, 0.6) is 0 Å². The Kier molecular flexibility index (Phi) is 6.95. The summed E-state index contributed by atoms with van der Waals surface area (Å²) in [5.41, 5.74) is 14.4. The molecule has 3 aromatic rings. The van der Waals surface area contributed by atoms with Gasteiger partial charge < -0.3 is 15.9 Å². The third-order valence-electron chi connectivity index (χ3n) is 6.21. The molecular formula is C25H32N4O4S. The Morgan fingerprint density at radius 1 is 1.18 bits per heavy atom. The predicted molar refractivity (Wildman–Crippen MR) is 134 cm³/mol. The number of hydrogen-bond donors (Lipinski definition) is 2. The molecule has 1 aliphatic rings. The average Bonchev–Trinajstić information content (AvgIpc) is 3.50. The van der Waals surface area contributed by atoms with Crippen LogP contribution in [-0.4, -0.2) is 38.7 Å². The highest BCUT2D eigenvalue weighted by molar-refractivity contribution is 7.92. The van der Waals surface area contributed by atoms with Crippen molar-refractivity contribution < 1.29 is 17.6 Å². The van der Waals surface area contributed by atoms with Crippen molar-refractivity contribution in [2.75, 3.05) is 23.7 Å². The van der Waals surface area contributed by atoms with Crippen LogP contribution in [-0.2, 0) is 16.4 Å². The second-order valence-corrected chi connectivity index (χ2v) is 11.1. The summed E-state index contributed by atoms with van der Waals surface area (Å²) in [6.07, 6.45) is 6.40. The van der Waals surface area contributed by atoms with Crippen molar-refractivity contribution >= 4 is 32.8 Å². The SMILES string of the molecule is Cc1ccc(-c2oc3nc(N(CCCCCN)S(C)(=O)=O)c(CC4CC4)cc3c2C(N)=O)cc1. The molecule has 2 aromatic heterocycles. The van der Waals surface area contributed by atoms with Crippen molar-refractivity contribution in [2.45, 2.75) is 45.4 Å². The van der Waals surface area contributed by atoms with Gasteiger partial charge in [0.25, 0.3) is 5.91 Å². The summed E-state index contributed by atoms with van der Waals surface area (Å²) in [5.74, 6) is 0.591. The average molecular weight is 485 g/mol. The lowest BCUT2D eigenvalue weighted by molar-refractivity contribution is 0.100. The molecule has 1 saturated carbocycles. The number of hydrogen-bond acceptors (Lipinski definition) is 6. The van der Waals surface area contributed by atoms with E-state index in [0.29, 0.717) is 54.4 Å². The number of rotatable bonds is 11. The van der Waals surface area contributed by atoms with E-state index in [-0.39, 0.29) is 11.3 Å². The number of amides is 1. The third-order valence-corrected chi connectivity index (χ3v) is 7.36. The lowest BCUT2D eigenvalue weighted by Gasteiger charge is -2.24. The molecule has 182 valence electrons. The van der Waals surface area contributed by atoms with Crippen molar-refractivity contribution in [3.05, 3.63) is 47.0 Å². The number of aromatic nitrogens is 1. The van der Waals surface area contributed by atoms with Crippen LogP contribution in [0.15, 0.2) is 34.7 Å². The van der Waals surface area contributed by atoms with Gasteiger partial charge in [-0.2, -0.15) is 4.98 Å². The molecule has 0 atom stereocenters. The van der Waals surface area contributed by atoms with E-state index in [1.807, 2.05) is 37.3 Å². The van der Waals surface area contributed by atoms with E-state index in [1.165, 1.54) is 10.6 Å². The highest BCUT2D eigenvalue weighted by atomic mass is 32.2. The van der Waals surface area contributed by atoms with Gasteiger partial charge in [0, 0.05) is 12.1 Å². The number of primary amides is 1. The molecule has 0 unspecified atom stereocenters. The number of unbranched alkanes of at least 4 members (excludes halogenated alkanes) is 2. The van der Waals surface area contributed by atoms with E-state index >= 15 is 0 Å². The maximum atomic E-state index is 12.8. The smallest absolute Gasteiger partial charge is 0.253 e. The number of fused-ring (bicyclic) bond motifs is 1. The van der Waals surface area contributed by atoms with E-state index in [2.05, 4.69) is 4.98 Å². The van der Waals surface area contributed by atoms with E-state index in [1.54, 1.807) is 0 Å². The number of nitrogens with two attached hydrogens (primary N) is 2. The van der Waals surface area contributed by atoms with Gasteiger partial charge in [-0.3, -0.25) is 9.10 Å². The van der Waals surface area contributed by atoms with E-state index in [9.17, 15) is 13.2 Å². The summed E-state index contributed by atoms with van der Waals surface area (Å²) < 4.78 is 33.0. The fourth-order valence-corrected chi connectivity index (χ4v) is 5.15. The number of sulfonamides is 1. The summed E-state index contributed by atoms with van der Waals surface area (Å²) in [6.45, 7) is 2.85. The zero-order valence-corrected chi connectivity index (χ0v) is 20.5. The number of anilines is 1. The number of furan rings is 1. The van der Waals surface area contributed by atoms with Gasteiger partial charge >= 0.3 is 0 Å². The zero-order valence-electron chi connectivity index (χ0n) is 19.7. The van der Waals surface area contributed by atoms with Gasteiger partial charge in [-0.1, -0.05) is 36.2 Å². The van der Waals surface area contributed by atoms with E-state index in [0.717, 1.165) is 36.8 Å². The highest BCUT2D eigenvalue weighted by Crippen LogP contribution is 2.39. The Morgan fingerprint density at radius 3 is 2.47 bits per heavy atom. The molecule has 1 amide bonds. The minimum absolute atomic E-state index is 0.203. The molecule has 0 saturated heterocycles. The van der Waals surface area contributed by atoms with E-state index in [4.69, 9.17) is 15.9 Å². The first-order valence-corrected chi connectivity index (χ1v) is 13.5. The summed E-state index contributed by atoms with van der Waals surface area (Å²) in [7, 11) is -3.58. The second-order valence-electron chi connectivity index (χ2n) is 9.19. The normalized spacial score (nSPS) is 14.0. The summed E-state index contributed by atoms with van der Waals surface area (Å²) in [5, 5.41) is 0.513. The van der Waals surface area contributed by atoms with Crippen LogP contribution in [0.4, 0.5) is 5.82 Å². The number of aryl methyl sites for hydroxylation is 1. The molecule has 34 heavy (non-hydrogen) atoms. The van der Waals surface area contributed by atoms with Gasteiger partial charge in [-0.05, 0) is 63.1 Å². The van der Waals surface area contributed by atoms with Gasteiger partial charge in [-0.25, -0.2) is 8.42 Å². The largest absolute Gasteiger partial charge is 0.437 e. The maximum absolute atomic E-state index is 12.8. The van der Waals surface area contributed by atoms with Gasteiger partial charge in [0.1, 0.15) is 11.6 Å². The van der Waals surface area contributed by atoms with Crippen molar-refractivity contribution in [3.63, 3.8) is 0 Å². The Hall–Kier alpha value is -2.91. The van der Waals surface area contributed by atoms with Gasteiger partial charge in [-0.15, -0.1) is 0 Å². The molecule has 0 bridgehead atoms. The Morgan fingerprint density at radius 2 is 1.88 bits per heavy atom. The van der Waals surface area contributed by atoms with Crippen LogP contribution in [0, 0.1) is 12.8 Å². The molecule has 9 heteroatoms. The van der Waals surface area contributed by atoms with Crippen LogP contribution >= 0.6 is 0 Å². The minimum Gasteiger partial charge on any atom is -0.437 e. The quantitative estimate of drug-likeness (QED) is 0.398. The van der Waals surface area contributed by atoms with Crippen LogP contribution < -0.4 is 15.8 Å². The summed E-state index contributed by atoms with van der Waals surface area (Å²) >= 11 is 0. The molecule has 1 fully saturated rings. The highest BCUT2D eigenvalue weighted by Gasteiger charge is 2.30. The first-order chi connectivity index (χ1) is 16.2. The fraction of sp³-hybridized carbons (Fsp3) is 0.440. The van der Waals surface area contributed by atoms with Crippen LogP contribution in [0.1, 0.15) is 53.6 Å². The number of nitrogens with zero attached hydrogens (tertiary/aromatic N) is 2. The molecule has 4 rings (SSSR count). The number of carbonyl (C=O) groups is 1. The Labute approximate surface area is 200 Å². The summed E-state index contributed by atoms with van der Waals surface area (Å²) in [4.78, 5) is 17.2. The Bertz CT molecular complexity index is 1290.